The zero-order chi connectivity index (χ0) is 13.1. The lowest BCUT2D eigenvalue weighted by atomic mass is 10.2. The highest BCUT2D eigenvalue weighted by Crippen LogP contribution is 2.33. The molecule has 0 aromatic heterocycles. The molecule has 2 aromatic rings. The molecule has 0 spiro atoms. The van der Waals surface area contributed by atoms with Crippen LogP contribution in [0.4, 0.5) is 5.69 Å². The molecule has 2 N–H and O–H groups in total. The Balaban J connectivity index is 2.13. The molecule has 0 fully saturated rings. The molecule has 0 amide bonds. The molecule has 0 aliphatic heterocycles. The topological polar surface area (TPSA) is 26.0 Å². The van der Waals surface area contributed by atoms with E-state index < -0.39 is 0 Å². The van der Waals surface area contributed by atoms with Crippen molar-refractivity contribution in [1.29, 1.82) is 0 Å². The van der Waals surface area contributed by atoms with Gasteiger partial charge in [0, 0.05) is 21.4 Å². The van der Waals surface area contributed by atoms with Crippen LogP contribution in [0.2, 0.25) is 10.0 Å². The third-order valence-corrected chi connectivity index (χ3v) is 4.44. The number of rotatable bonds is 3. The molecule has 18 heavy (non-hydrogen) atoms. The van der Waals surface area contributed by atoms with Gasteiger partial charge in [-0.2, -0.15) is 0 Å². The van der Waals surface area contributed by atoms with Gasteiger partial charge in [0.05, 0.1) is 5.02 Å². The average molecular weight is 298 g/mol. The van der Waals surface area contributed by atoms with Crippen molar-refractivity contribution in [2.24, 2.45) is 0 Å². The number of halogens is 2. The maximum absolute atomic E-state index is 6.20. The van der Waals surface area contributed by atoms with E-state index in [2.05, 4.69) is 6.07 Å². The summed E-state index contributed by atoms with van der Waals surface area (Å²) in [7, 11) is 0. The summed E-state index contributed by atoms with van der Waals surface area (Å²) in [5, 5.41) is 1.51. The van der Waals surface area contributed by atoms with E-state index in [1.165, 1.54) is 0 Å². The predicted octanol–water partition coefficient (Wildman–Crippen LogP) is 5.18. The Hall–Kier alpha value is -0.830. The highest BCUT2D eigenvalue weighted by atomic mass is 35.5. The van der Waals surface area contributed by atoms with Gasteiger partial charge in [-0.15, -0.1) is 11.8 Å². The Morgan fingerprint density at radius 1 is 1.06 bits per heavy atom. The Bertz CT molecular complexity index is 570. The Labute approximate surface area is 121 Å². The first-order chi connectivity index (χ1) is 8.56. The van der Waals surface area contributed by atoms with Crippen LogP contribution in [0.25, 0.3) is 0 Å². The molecule has 0 saturated heterocycles. The van der Waals surface area contributed by atoms with Crippen molar-refractivity contribution in [2.75, 3.05) is 5.73 Å². The fraction of sp³-hybridized carbons (Fsp3) is 0.143. The Kier molecular flexibility index (Phi) is 4.44. The van der Waals surface area contributed by atoms with E-state index in [1.54, 1.807) is 17.8 Å². The largest absolute Gasteiger partial charge is 0.399 e. The van der Waals surface area contributed by atoms with Crippen LogP contribution in [-0.2, 0) is 5.75 Å². The van der Waals surface area contributed by atoms with Gasteiger partial charge in [0.2, 0.25) is 0 Å². The van der Waals surface area contributed by atoms with Gasteiger partial charge < -0.3 is 5.73 Å². The van der Waals surface area contributed by atoms with E-state index in [0.717, 1.165) is 37.5 Å². The van der Waals surface area contributed by atoms with Crippen molar-refractivity contribution in [1.82, 2.24) is 0 Å². The Morgan fingerprint density at radius 2 is 1.83 bits per heavy atom. The van der Waals surface area contributed by atoms with Gasteiger partial charge in [-0.1, -0.05) is 35.3 Å². The SMILES string of the molecule is Cc1ccc(CSc2cc(N)ccc2Cl)c(Cl)c1. The summed E-state index contributed by atoms with van der Waals surface area (Å²) in [6, 6.07) is 11.6. The summed E-state index contributed by atoms with van der Waals surface area (Å²) >= 11 is 14.0. The molecule has 94 valence electrons. The second kappa shape index (κ2) is 5.87. The lowest BCUT2D eigenvalue weighted by molar-refractivity contribution is 1.35. The van der Waals surface area contributed by atoms with E-state index in [4.69, 9.17) is 28.9 Å². The van der Waals surface area contributed by atoms with Gasteiger partial charge in [0.25, 0.3) is 0 Å². The van der Waals surface area contributed by atoms with Crippen LogP contribution >= 0.6 is 35.0 Å². The molecule has 0 atom stereocenters. The second-order valence-corrected chi connectivity index (χ2v) is 5.90. The van der Waals surface area contributed by atoms with Gasteiger partial charge in [0.1, 0.15) is 0 Å². The summed E-state index contributed by atoms with van der Waals surface area (Å²) in [5.41, 5.74) is 8.73. The van der Waals surface area contributed by atoms with Crippen molar-refractivity contribution in [3.8, 4) is 0 Å². The number of anilines is 1. The molecule has 0 bridgehead atoms. The van der Waals surface area contributed by atoms with Crippen LogP contribution in [0.1, 0.15) is 11.1 Å². The van der Waals surface area contributed by atoms with E-state index in [9.17, 15) is 0 Å². The number of nitrogens with two attached hydrogens (primary N) is 1. The Morgan fingerprint density at radius 3 is 2.56 bits per heavy atom. The summed E-state index contributed by atoms with van der Waals surface area (Å²) in [4.78, 5) is 0.980. The molecule has 0 aliphatic carbocycles. The molecule has 0 unspecified atom stereocenters. The molecule has 2 aromatic carbocycles. The lowest BCUT2D eigenvalue weighted by Gasteiger charge is -2.07. The lowest BCUT2D eigenvalue weighted by Crippen LogP contribution is -1.87. The fourth-order valence-electron chi connectivity index (χ4n) is 1.56. The zero-order valence-corrected chi connectivity index (χ0v) is 12.2. The standard InChI is InChI=1S/C14H13Cl2NS/c1-9-2-3-10(13(16)6-9)8-18-14-7-11(17)4-5-12(14)15/h2-7H,8,17H2,1H3. The maximum Gasteiger partial charge on any atom is 0.0543 e. The molecule has 0 aliphatic rings. The molecule has 4 heteroatoms. The summed E-state index contributed by atoms with van der Waals surface area (Å²) in [6.07, 6.45) is 0. The normalized spacial score (nSPS) is 10.6. The smallest absolute Gasteiger partial charge is 0.0543 e. The van der Waals surface area contributed by atoms with Crippen LogP contribution in [-0.4, -0.2) is 0 Å². The molecular formula is C14H13Cl2NS. The van der Waals surface area contributed by atoms with Gasteiger partial charge in [-0.25, -0.2) is 0 Å². The second-order valence-electron chi connectivity index (χ2n) is 4.07. The number of aryl methyl sites for hydroxylation is 1. The van der Waals surface area contributed by atoms with Crippen LogP contribution in [0, 0.1) is 6.92 Å². The number of benzene rings is 2. The fourth-order valence-corrected chi connectivity index (χ4v) is 3.21. The zero-order valence-electron chi connectivity index (χ0n) is 9.91. The summed E-state index contributed by atoms with van der Waals surface area (Å²) in [5.74, 6) is 0.780. The minimum Gasteiger partial charge on any atom is -0.399 e. The van der Waals surface area contributed by atoms with E-state index in [-0.39, 0.29) is 0 Å². The predicted molar refractivity (Wildman–Crippen MR) is 81.6 cm³/mol. The molecular weight excluding hydrogens is 285 g/mol. The van der Waals surface area contributed by atoms with E-state index >= 15 is 0 Å². The third kappa shape index (κ3) is 3.35. The summed E-state index contributed by atoms with van der Waals surface area (Å²) < 4.78 is 0. The van der Waals surface area contributed by atoms with Gasteiger partial charge in [-0.3, -0.25) is 0 Å². The molecule has 0 heterocycles. The van der Waals surface area contributed by atoms with Crippen molar-refractivity contribution in [3.63, 3.8) is 0 Å². The monoisotopic (exact) mass is 297 g/mol. The van der Waals surface area contributed by atoms with Gasteiger partial charge >= 0.3 is 0 Å². The minimum atomic E-state index is 0.719. The average Bonchev–Trinajstić information content (AvgIpc) is 2.32. The first kappa shape index (κ1) is 13.6. The van der Waals surface area contributed by atoms with Crippen molar-refractivity contribution in [2.45, 2.75) is 17.6 Å². The minimum absolute atomic E-state index is 0.719. The van der Waals surface area contributed by atoms with Crippen LogP contribution in [0.5, 0.6) is 0 Å². The van der Waals surface area contributed by atoms with Crippen LogP contribution in [0.3, 0.4) is 0 Å². The molecule has 0 radical (unpaired) electrons. The van der Waals surface area contributed by atoms with E-state index in [0.29, 0.717) is 0 Å². The molecule has 0 saturated carbocycles. The van der Waals surface area contributed by atoms with Crippen LogP contribution in [0.15, 0.2) is 41.3 Å². The maximum atomic E-state index is 6.20. The van der Waals surface area contributed by atoms with Gasteiger partial charge in [0.15, 0.2) is 0 Å². The number of nitrogen functional groups attached to an aromatic ring is 1. The van der Waals surface area contributed by atoms with Crippen molar-refractivity contribution >= 4 is 40.7 Å². The quantitative estimate of drug-likeness (QED) is 0.624. The third-order valence-electron chi connectivity index (χ3n) is 2.55. The van der Waals surface area contributed by atoms with Crippen LogP contribution < -0.4 is 5.73 Å². The molecule has 1 nitrogen and oxygen atoms in total. The first-order valence-corrected chi connectivity index (χ1v) is 7.23. The first-order valence-electron chi connectivity index (χ1n) is 5.49. The number of hydrogen-bond donors (Lipinski definition) is 1. The van der Waals surface area contributed by atoms with E-state index in [1.807, 2.05) is 31.2 Å². The molecule has 2 rings (SSSR count). The highest BCUT2D eigenvalue weighted by molar-refractivity contribution is 7.98. The number of thioether (sulfide) groups is 1. The summed E-state index contributed by atoms with van der Waals surface area (Å²) in [6.45, 7) is 2.03. The van der Waals surface area contributed by atoms with Crippen molar-refractivity contribution < 1.29 is 0 Å². The van der Waals surface area contributed by atoms with Crippen molar-refractivity contribution in [3.05, 3.63) is 57.6 Å². The number of hydrogen-bond acceptors (Lipinski definition) is 2. The highest BCUT2D eigenvalue weighted by Gasteiger charge is 2.05. The van der Waals surface area contributed by atoms with Gasteiger partial charge in [-0.05, 0) is 42.3 Å².